The maximum atomic E-state index is 13.0. The lowest BCUT2D eigenvalue weighted by atomic mass is 10.0. The van der Waals surface area contributed by atoms with Crippen LogP contribution in [0.3, 0.4) is 0 Å². The fourth-order valence-corrected chi connectivity index (χ4v) is 3.55. The number of halogens is 1. The number of rotatable bonds is 5. The second kappa shape index (κ2) is 7.86. The number of benzene rings is 1. The largest absolute Gasteiger partial charge is 0.484 e. The number of hydrogen-bond acceptors (Lipinski definition) is 6. The van der Waals surface area contributed by atoms with Gasteiger partial charge in [0.15, 0.2) is 6.61 Å². The molecule has 1 fully saturated rings. The number of nitrogens with zero attached hydrogens (tertiary/aromatic N) is 5. The lowest BCUT2D eigenvalue weighted by Gasteiger charge is -2.25. The van der Waals surface area contributed by atoms with Crippen LogP contribution in [0, 0.1) is 5.82 Å². The first-order valence-corrected chi connectivity index (χ1v) is 9.30. The molecule has 0 bridgehead atoms. The number of aryl methyl sites for hydroxylation is 1. The van der Waals surface area contributed by atoms with Gasteiger partial charge in [-0.05, 0) is 37.1 Å². The Kier molecular flexibility index (Phi) is 5.11. The zero-order valence-electron chi connectivity index (χ0n) is 16.0. The van der Waals surface area contributed by atoms with Crippen LogP contribution in [0.15, 0.2) is 42.9 Å². The summed E-state index contributed by atoms with van der Waals surface area (Å²) in [6.07, 6.45) is 6.90. The van der Waals surface area contributed by atoms with E-state index in [0.29, 0.717) is 18.0 Å². The third kappa shape index (κ3) is 4.03. The van der Waals surface area contributed by atoms with E-state index >= 15 is 0 Å². The third-order valence-corrected chi connectivity index (χ3v) is 4.92. The van der Waals surface area contributed by atoms with E-state index in [1.54, 1.807) is 22.0 Å². The molecule has 3 heterocycles. The summed E-state index contributed by atoms with van der Waals surface area (Å²) in [6, 6.07) is 5.36. The fraction of sp³-hybridized carbons (Fsp3) is 0.300. The normalized spacial score (nSPS) is 16.2. The zero-order valence-corrected chi connectivity index (χ0v) is 16.0. The average Bonchev–Trinajstić information content (AvgIpc) is 3.36. The predicted octanol–water partition coefficient (Wildman–Crippen LogP) is 2.34. The Morgan fingerprint density at radius 1 is 1.31 bits per heavy atom. The topological polar surface area (TPSA) is 99.2 Å². The quantitative estimate of drug-likeness (QED) is 0.711. The van der Waals surface area contributed by atoms with Crippen molar-refractivity contribution in [3.8, 4) is 16.9 Å². The molecule has 3 aromatic rings. The summed E-state index contributed by atoms with van der Waals surface area (Å²) >= 11 is 0. The Morgan fingerprint density at radius 2 is 2.10 bits per heavy atom. The van der Waals surface area contributed by atoms with Crippen LogP contribution in [0.25, 0.3) is 11.1 Å². The number of nitrogens with two attached hydrogens (primary N) is 1. The minimum Gasteiger partial charge on any atom is -0.484 e. The summed E-state index contributed by atoms with van der Waals surface area (Å²) in [5, 5.41) is 4.21. The first-order valence-electron chi connectivity index (χ1n) is 9.30. The van der Waals surface area contributed by atoms with Crippen molar-refractivity contribution in [3.63, 3.8) is 0 Å². The highest BCUT2D eigenvalue weighted by molar-refractivity contribution is 5.79. The Morgan fingerprint density at radius 3 is 2.83 bits per heavy atom. The second-order valence-corrected chi connectivity index (χ2v) is 6.92. The number of nitrogen functional groups attached to an aromatic ring is 1. The number of carbonyl (C=O) groups excluding carboxylic acids is 1. The van der Waals surface area contributed by atoms with Gasteiger partial charge in [-0.2, -0.15) is 5.10 Å². The molecular formula is C20H21FN6O2. The van der Waals surface area contributed by atoms with E-state index in [-0.39, 0.29) is 30.3 Å². The summed E-state index contributed by atoms with van der Waals surface area (Å²) in [5.74, 6) is 0.0889. The molecule has 8 nitrogen and oxygen atoms in total. The summed E-state index contributed by atoms with van der Waals surface area (Å²) in [5.41, 5.74) is 8.22. The molecule has 1 amide bonds. The predicted molar refractivity (Wildman–Crippen MR) is 104 cm³/mol. The van der Waals surface area contributed by atoms with Crippen molar-refractivity contribution >= 4 is 11.9 Å². The molecule has 1 atom stereocenters. The summed E-state index contributed by atoms with van der Waals surface area (Å²) in [6.45, 7) is 0.470. The molecular weight excluding hydrogens is 375 g/mol. The van der Waals surface area contributed by atoms with E-state index in [1.165, 1.54) is 24.3 Å². The molecule has 1 aliphatic rings. The van der Waals surface area contributed by atoms with Gasteiger partial charge >= 0.3 is 0 Å². The Bertz CT molecular complexity index is 1020. The zero-order chi connectivity index (χ0) is 20.4. The van der Waals surface area contributed by atoms with Crippen LogP contribution >= 0.6 is 0 Å². The van der Waals surface area contributed by atoms with Crippen molar-refractivity contribution in [1.82, 2.24) is 24.6 Å². The highest BCUT2D eigenvalue weighted by Crippen LogP contribution is 2.36. The molecule has 1 saturated heterocycles. The average molecular weight is 396 g/mol. The van der Waals surface area contributed by atoms with Crippen LogP contribution in [0.5, 0.6) is 5.75 Å². The van der Waals surface area contributed by atoms with E-state index in [1.807, 2.05) is 13.2 Å². The minimum atomic E-state index is -0.354. The number of ether oxygens (including phenoxy) is 1. The van der Waals surface area contributed by atoms with Crippen LogP contribution in [0.2, 0.25) is 0 Å². The molecule has 150 valence electrons. The molecule has 0 spiro atoms. The van der Waals surface area contributed by atoms with Crippen molar-refractivity contribution in [1.29, 1.82) is 0 Å². The highest BCUT2D eigenvalue weighted by Gasteiger charge is 2.33. The number of likely N-dealkylation sites (tertiary alicyclic amines) is 1. The van der Waals surface area contributed by atoms with Gasteiger partial charge in [0.25, 0.3) is 5.91 Å². The summed E-state index contributed by atoms with van der Waals surface area (Å²) < 4.78 is 20.3. The molecule has 29 heavy (non-hydrogen) atoms. The molecule has 0 unspecified atom stereocenters. The van der Waals surface area contributed by atoms with Gasteiger partial charge in [0, 0.05) is 37.1 Å². The van der Waals surface area contributed by atoms with Crippen molar-refractivity contribution in [3.05, 3.63) is 54.4 Å². The molecule has 1 aromatic carbocycles. The Labute approximate surface area is 167 Å². The summed E-state index contributed by atoms with van der Waals surface area (Å²) in [4.78, 5) is 23.2. The van der Waals surface area contributed by atoms with Gasteiger partial charge in [-0.1, -0.05) is 0 Å². The lowest BCUT2D eigenvalue weighted by molar-refractivity contribution is -0.134. The molecule has 0 aliphatic carbocycles. The molecule has 0 saturated carbocycles. The van der Waals surface area contributed by atoms with E-state index in [2.05, 4.69) is 15.1 Å². The first kappa shape index (κ1) is 18.9. The molecule has 9 heteroatoms. The first-order chi connectivity index (χ1) is 14.0. The van der Waals surface area contributed by atoms with Crippen molar-refractivity contribution < 1.29 is 13.9 Å². The smallest absolute Gasteiger partial charge is 0.261 e. The monoisotopic (exact) mass is 396 g/mol. The maximum absolute atomic E-state index is 13.0. The van der Waals surface area contributed by atoms with Crippen LogP contribution in [-0.4, -0.2) is 43.7 Å². The van der Waals surface area contributed by atoms with Gasteiger partial charge in [-0.25, -0.2) is 14.4 Å². The van der Waals surface area contributed by atoms with Crippen molar-refractivity contribution in [2.24, 2.45) is 7.05 Å². The standard InChI is InChI=1S/C20H21FN6O2/c1-26-11-13(9-24-26)16-10-23-20(22)25-19(16)17-3-2-8-27(17)18(28)12-29-15-6-4-14(21)5-7-15/h4-7,9-11,17H,2-3,8,12H2,1H3,(H2,22,23,25)/t17-/m1/s1. The highest BCUT2D eigenvalue weighted by atomic mass is 19.1. The van der Waals surface area contributed by atoms with E-state index in [9.17, 15) is 9.18 Å². The second-order valence-electron chi connectivity index (χ2n) is 6.92. The third-order valence-electron chi connectivity index (χ3n) is 4.92. The van der Waals surface area contributed by atoms with Gasteiger partial charge in [0.05, 0.1) is 17.9 Å². The van der Waals surface area contributed by atoms with Gasteiger partial charge in [-0.15, -0.1) is 0 Å². The number of anilines is 1. The Hall–Kier alpha value is -3.49. The van der Waals surface area contributed by atoms with Gasteiger partial charge < -0.3 is 15.4 Å². The van der Waals surface area contributed by atoms with Crippen LogP contribution in [0.4, 0.5) is 10.3 Å². The van der Waals surface area contributed by atoms with E-state index < -0.39 is 0 Å². The Balaban J connectivity index is 1.56. The van der Waals surface area contributed by atoms with Crippen LogP contribution in [0.1, 0.15) is 24.6 Å². The SMILES string of the molecule is Cn1cc(-c2cnc(N)nc2[C@H]2CCCN2C(=O)COc2ccc(F)cc2)cn1. The number of amides is 1. The fourth-order valence-electron chi connectivity index (χ4n) is 3.55. The summed E-state index contributed by atoms with van der Waals surface area (Å²) in [7, 11) is 1.83. The number of aromatic nitrogens is 4. The number of hydrogen-bond donors (Lipinski definition) is 1. The van der Waals surface area contributed by atoms with E-state index in [4.69, 9.17) is 10.5 Å². The van der Waals surface area contributed by atoms with Crippen LogP contribution < -0.4 is 10.5 Å². The van der Waals surface area contributed by atoms with Crippen molar-refractivity contribution in [2.45, 2.75) is 18.9 Å². The minimum absolute atomic E-state index is 0.134. The molecule has 2 aromatic heterocycles. The van der Waals surface area contributed by atoms with Crippen LogP contribution in [-0.2, 0) is 11.8 Å². The lowest BCUT2D eigenvalue weighted by Crippen LogP contribution is -2.35. The number of carbonyl (C=O) groups is 1. The molecule has 0 radical (unpaired) electrons. The van der Waals surface area contributed by atoms with Crippen molar-refractivity contribution in [2.75, 3.05) is 18.9 Å². The van der Waals surface area contributed by atoms with Gasteiger partial charge in [0.1, 0.15) is 11.6 Å². The van der Waals surface area contributed by atoms with Gasteiger partial charge in [-0.3, -0.25) is 9.48 Å². The van der Waals surface area contributed by atoms with Gasteiger partial charge in [0.2, 0.25) is 5.95 Å². The molecule has 4 rings (SSSR count). The maximum Gasteiger partial charge on any atom is 0.261 e. The molecule has 2 N–H and O–H groups in total. The molecule has 1 aliphatic heterocycles. The van der Waals surface area contributed by atoms with E-state index in [0.717, 1.165) is 24.0 Å².